The van der Waals surface area contributed by atoms with Crippen LogP contribution in [0, 0.1) is 24.4 Å². The van der Waals surface area contributed by atoms with Gasteiger partial charge in [0.05, 0.1) is 6.04 Å². The molecule has 0 fully saturated rings. The first kappa shape index (κ1) is 14.6. The monoisotopic (exact) mass is 279 g/mol. The lowest BCUT2D eigenvalue weighted by Gasteiger charge is -2.20. The van der Waals surface area contributed by atoms with Crippen molar-refractivity contribution < 1.29 is 13.2 Å². The zero-order chi connectivity index (χ0) is 14.7. The van der Waals surface area contributed by atoms with E-state index in [2.05, 4.69) is 5.32 Å². The minimum Gasteiger partial charge on any atom is -0.306 e. The molecule has 1 unspecified atom stereocenters. The van der Waals surface area contributed by atoms with E-state index in [1.165, 1.54) is 18.2 Å². The summed E-state index contributed by atoms with van der Waals surface area (Å²) in [6.07, 6.45) is 0. The van der Waals surface area contributed by atoms with Crippen LogP contribution in [0.2, 0.25) is 0 Å². The minimum atomic E-state index is -0.671. The quantitative estimate of drug-likeness (QED) is 0.888. The summed E-state index contributed by atoms with van der Waals surface area (Å²) >= 11 is 0. The van der Waals surface area contributed by atoms with Crippen molar-refractivity contribution in [1.82, 2.24) is 5.32 Å². The van der Waals surface area contributed by atoms with Crippen LogP contribution >= 0.6 is 0 Å². The molecule has 1 N–H and O–H groups in total. The van der Waals surface area contributed by atoms with Gasteiger partial charge in [-0.25, -0.2) is 13.2 Å². The fraction of sp³-hybridized carbons (Fsp3) is 0.250. The molecule has 0 aromatic heterocycles. The van der Waals surface area contributed by atoms with Gasteiger partial charge >= 0.3 is 0 Å². The topological polar surface area (TPSA) is 12.0 Å². The zero-order valence-corrected chi connectivity index (χ0v) is 11.4. The molecule has 1 nitrogen and oxygen atoms in total. The summed E-state index contributed by atoms with van der Waals surface area (Å²) in [6, 6.07) is 7.49. The lowest BCUT2D eigenvalue weighted by atomic mass is 9.97. The summed E-state index contributed by atoms with van der Waals surface area (Å²) in [5.74, 6) is -1.73. The van der Waals surface area contributed by atoms with Gasteiger partial charge in [-0.2, -0.15) is 0 Å². The Morgan fingerprint density at radius 1 is 1.00 bits per heavy atom. The van der Waals surface area contributed by atoms with Gasteiger partial charge in [0, 0.05) is 11.6 Å². The van der Waals surface area contributed by atoms with E-state index in [1.807, 2.05) is 6.92 Å². The molecule has 106 valence electrons. The van der Waals surface area contributed by atoms with Crippen molar-refractivity contribution in [1.29, 1.82) is 0 Å². The Morgan fingerprint density at radius 3 is 2.20 bits per heavy atom. The highest BCUT2D eigenvalue weighted by Gasteiger charge is 2.18. The first-order chi connectivity index (χ1) is 9.51. The molecule has 0 radical (unpaired) electrons. The Kier molecular flexibility index (Phi) is 4.45. The van der Waals surface area contributed by atoms with Crippen LogP contribution in [-0.2, 0) is 0 Å². The van der Waals surface area contributed by atoms with Crippen molar-refractivity contribution in [2.75, 3.05) is 6.54 Å². The van der Waals surface area contributed by atoms with Gasteiger partial charge in [0.2, 0.25) is 0 Å². The summed E-state index contributed by atoms with van der Waals surface area (Å²) in [4.78, 5) is 0. The molecule has 2 rings (SSSR count). The fourth-order valence-corrected chi connectivity index (χ4v) is 2.22. The Balaban J connectivity index is 2.49. The third kappa shape index (κ3) is 3.20. The number of halogens is 3. The van der Waals surface area contributed by atoms with Crippen molar-refractivity contribution in [3.05, 3.63) is 70.5 Å². The Hall–Kier alpha value is -1.81. The van der Waals surface area contributed by atoms with E-state index in [1.54, 1.807) is 19.1 Å². The van der Waals surface area contributed by atoms with Crippen LogP contribution in [0.3, 0.4) is 0 Å². The van der Waals surface area contributed by atoms with Crippen molar-refractivity contribution in [3.8, 4) is 0 Å². The van der Waals surface area contributed by atoms with Crippen LogP contribution in [0.5, 0.6) is 0 Å². The number of hydrogen-bond acceptors (Lipinski definition) is 1. The van der Waals surface area contributed by atoms with E-state index in [9.17, 15) is 13.2 Å². The highest BCUT2D eigenvalue weighted by atomic mass is 19.1. The number of hydrogen-bond donors (Lipinski definition) is 1. The van der Waals surface area contributed by atoms with E-state index in [-0.39, 0.29) is 5.82 Å². The maximum Gasteiger partial charge on any atom is 0.128 e. The Morgan fingerprint density at radius 2 is 1.65 bits per heavy atom. The van der Waals surface area contributed by atoms with Crippen LogP contribution < -0.4 is 5.32 Å². The van der Waals surface area contributed by atoms with Gasteiger partial charge < -0.3 is 5.32 Å². The standard InChI is InChI=1S/C16H16F3N/c1-3-20-16(11-7-12(17)9-13(18)8-11)14-5-4-10(2)6-15(14)19/h4-9,16,20H,3H2,1-2H3. The second-order valence-corrected chi connectivity index (χ2v) is 4.72. The van der Waals surface area contributed by atoms with Crippen LogP contribution in [0.1, 0.15) is 29.7 Å². The average Bonchev–Trinajstić information content (AvgIpc) is 2.35. The maximum atomic E-state index is 14.1. The summed E-state index contributed by atoms with van der Waals surface area (Å²) in [6.45, 7) is 4.20. The van der Waals surface area contributed by atoms with E-state index in [0.29, 0.717) is 17.7 Å². The predicted octanol–water partition coefficient (Wildman–Crippen LogP) is 4.11. The van der Waals surface area contributed by atoms with Crippen molar-refractivity contribution >= 4 is 0 Å². The summed E-state index contributed by atoms with van der Waals surface area (Å²) in [5, 5.41) is 3.06. The van der Waals surface area contributed by atoms with Crippen molar-refractivity contribution in [3.63, 3.8) is 0 Å². The summed E-state index contributed by atoms with van der Waals surface area (Å²) in [7, 11) is 0. The molecule has 2 aromatic carbocycles. The van der Waals surface area contributed by atoms with Gasteiger partial charge in [-0.3, -0.25) is 0 Å². The Bertz CT molecular complexity index is 590. The first-order valence-corrected chi connectivity index (χ1v) is 6.46. The molecular formula is C16H16F3N. The fourth-order valence-electron chi connectivity index (χ4n) is 2.22. The molecule has 0 aliphatic heterocycles. The van der Waals surface area contributed by atoms with Gasteiger partial charge in [0.25, 0.3) is 0 Å². The van der Waals surface area contributed by atoms with Gasteiger partial charge in [0.1, 0.15) is 17.5 Å². The molecule has 1 atom stereocenters. The first-order valence-electron chi connectivity index (χ1n) is 6.46. The molecule has 4 heteroatoms. The smallest absolute Gasteiger partial charge is 0.128 e. The highest BCUT2D eigenvalue weighted by Crippen LogP contribution is 2.26. The summed E-state index contributed by atoms with van der Waals surface area (Å²) < 4.78 is 40.8. The number of rotatable bonds is 4. The van der Waals surface area contributed by atoms with Gasteiger partial charge in [0.15, 0.2) is 0 Å². The van der Waals surface area contributed by atoms with E-state index < -0.39 is 17.7 Å². The van der Waals surface area contributed by atoms with Crippen LogP contribution in [0.15, 0.2) is 36.4 Å². The second kappa shape index (κ2) is 6.09. The molecule has 2 aromatic rings. The molecule has 0 aliphatic carbocycles. The number of nitrogens with one attached hydrogen (secondary N) is 1. The molecule has 0 saturated carbocycles. The number of benzene rings is 2. The predicted molar refractivity (Wildman–Crippen MR) is 73.0 cm³/mol. The maximum absolute atomic E-state index is 14.1. The third-order valence-electron chi connectivity index (χ3n) is 3.09. The molecule has 0 heterocycles. The van der Waals surface area contributed by atoms with Gasteiger partial charge in [-0.1, -0.05) is 19.1 Å². The third-order valence-corrected chi connectivity index (χ3v) is 3.09. The lowest BCUT2D eigenvalue weighted by Crippen LogP contribution is -2.23. The molecule has 20 heavy (non-hydrogen) atoms. The van der Waals surface area contributed by atoms with Crippen LogP contribution in [0.25, 0.3) is 0 Å². The SMILES string of the molecule is CCNC(c1cc(F)cc(F)c1)c1ccc(C)cc1F. The Labute approximate surface area is 116 Å². The van der Waals surface area contributed by atoms with Crippen LogP contribution in [0.4, 0.5) is 13.2 Å². The van der Waals surface area contributed by atoms with Crippen molar-refractivity contribution in [2.24, 2.45) is 0 Å². The molecule has 0 amide bonds. The van der Waals surface area contributed by atoms with E-state index in [4.69, 9.17) is 0 Å². The molecule has 0 aliphatic rings. The molecule has 0 spiro atoms. The van der Waals surface area contributed by atoms with E-state index in [0.717, 1.165) is 11.6 Å². The average molecular weight is 279 g/mol. The minimum absolute atomic E-state index is 0.368. The molecule has 0 bridgehead atoms. The summed E-state index contributed by atoms with van der Waals surface area (Å²) in [5.41, 5.74) is 1.54. The second-order valence-electron chi connectivity index (χ2n) is 4.72. The molecule has 0 saturated heterocycles. The van der Waals surface area contributed by atoms with Gasteiger partial charge in [-0.05, 0) is 42.8 Å². The van der Waals surface area contributed by atoms with Crippen LogP contribution in [-0.4, -0.2) is 6.54 Å². The molecular weight excluding hydrogens is 263 g/mol. The largest absolute Gasteiger partial charge is 0.306 e. The normalized spacial score (nSPS) is 12.4. The zero-order valence-electron chi connectivity index (χ0n) is 11.4. The number of aryl methyl sites for hydroxylation is 1. The van der Waals surface area contributed by atoms with Crippen molar-refractivity contribution in [2.45, 2.75) is 19.9 Å². The van der Waals surface area contributed by atoms with E-state index >= 15 is 0 Å². The highest BCUT2D eigenvalue weighted by molar-refractivity contribution is 5.35. The van der Waals surface area contributed by atoms with Gasteiger partial charge in [-0.15, -0.1) is 0 Å². The lowest BCUT2D eigenvalue weighted by molar-refractivity contribution is 0.542.